The summed E-state index contributed by atoms with van der Waals surface area (Å²) >= 11 is 0. The summed E-state index contributed by atoms with van der Waals surface area (Å²) in [7, 11) is 0. The number of benzene rings is 2. The molecule has 1 amide bonds. The lowest BCUT2D eigenvalue weighted by Gasteiger charge is -2.23. The van der Waals surface area contributed by atoms with Crippen LogP contribution in [0.4, 0.5) is 0 Å². The summed E-state index contributed by atoms with van der Waals surface area (Å²) in [4.78, 5) is 17.4. The van der Waals surface area contributed by atoms with Gasteiger partial charge in [0.15, 0.2) is 11.5 Å². The molecule has 1 saturated heterocycles. The highest BCUT2D eigenvalue weighted by atomic mass is 16.6. The fourth-order valence-corrected chi connectivity index (χ4v) is 3.72. The maximum Gasteiger partial charge on any atom is 0.254 e. The number of aryl methyl sites for hydroxylation is 1. The number of ether oxygens (including phenoxy) is 2. The van der Waals surface area contributed by atoms with E-state index in [-0.39, 0.29) is 5.91 Å². The van der Waals surface area contributed by atoms with Gasteiger partial charge >= 0.3 is 0 Å². The van der Waals surface area contributed by atoms with Gasteiger partial charge in [0.05, 0.1) is 0 Å². The van der Waals surface area contributed by atoms with E-state index in [1.165, 1.54) is 11.1 Å². The van der Waals surface area contributed by atoms with Gasteiger partial charge < -0.3 is 14.4 Å². The zero-order valence-electron chi connectivity index (χ0n) is 15.8. The van der Waals surface area contributed by atoms with Crippen LogP contribution in [0, 0.1) is 6.92 Å². The van der Waals surface area contributed by atoms with Crippen molar-refractivity contribution in [3.8, 4) is 11.5 Å². The summed E-state index contributed by atoms with van der Waals surface area (Å²) in [5.41, 5.74) is 3.36. The minimum absolute atomic E-state index is 0.0738. The minimum Gasteiger partial charge on any atom is -0.486 e. The van der Waals surface area contributed by atoms with Crippen LogP contribution in [0.25, 0.3) is 0 Å². The Morgan fingerprint density at radius 2 is 1.78 bits per heavy atom. The van der Waals surface area contributed by atoms with Crippen molar-refractivity contribution in [2.75, 3.05) is 39.4 Å². The van der Waals surface area contributed by atoms with E-state index in [1.54, 1.807) is 0 Å². The van der Waals surface area contributed by atoms with Gasteiger partial charge in [-0.2, -0.15) is 0 Å². The molecule has 0 bridgehead atoms. The fraction of sp³-hybridized carbons (Fsp3) is 0.409. The molecule has 0 unspecified atom stereocenters. The van der Waals surface area contributed by atoms with Gasteiger partial charge in [-0.25, -0.2) is 0 Å². The first-order valence-corrected chi connectivity index (χ1v) is 9.66. The normalized spacial score (nSPS) is 17.4. The lowest BCUT2D eigenvalue weighted by Crippen LogP contribution is -2.35. The van der Waals surface area contributed by atoms with Gasteiger partial charge in [0.25, 0.3) is 5.91 Å². The van der Waals surface area contributed by atoms with Crippen LogP contribution < -0.4 is 9.47 Å². The molecule has 0 N–H and O–H groups in total. The predicted molar refractivity (Wildman–Crippen MR) is 104 cm³/mol. The van der Waals surface area contributed by atoms with E-state index in [0.717, 1.165) is 44.9 Å². The topological polar surface area (TPSA) is 42.0 Å². The zero-order valence-corrected chi connectivity index (χ0v) is 15.8. The summed E-state index contributed by atoms with van der Waals surface area (Å²) in [5.74, 6) is 1.46. The highest BCUT2D eigenvalue weighted by Crippen LogP contribution is 2.31. The summed E-state index contributed by atoms with van der Waals surface area (Å²) in [6.07, 6.45) is 0.988. The van der Waals surface area contributed by atoms with Gasteiger partial charge in [-0.15, -0.1) is 0 Å². The zero-order chi connectivity index (χ0) is 18.6. The molecule has 2 aliphatic rings. The second kappa shape index (κ2) is 8.01. The molecule has 0 radical (unpaired) electrons. The fourth-order valence-electron chi connectivity index (χ4n) is 3.72. The van der Waals surface area contributed by atoms with Crippen molar-refractivity contribution in [2.45, 2.75) is 19.9 Å². The Morgan fingerprint density at radius 1 is 0.963 bits per heavy atom. The Morgan fingerprint density at radius 3 is 2.63 bits per heavy atom. The molecule has 5 heteroatoms. The molecule has 0 saturated carbocycles. The quantitative estimate of drug-likeness (QED) is 0.837. The van der Waals surface area contributed by atoms with Crippen molar-refractivity contribution < 1.29 is 14.3 Å². The molecule has 1 fully saturated rings. The molecule has 0 atom stereocenters. The Bertz CT molecular complexity index is 821. The first-order chi connectivity index (χ1) is 13.2. The second-order valence-corrected chi connectivity index (χ2v) is 7.21. The van der Waals surface area contributed by atoms with Crippen LogP contribution >= 0.6 is 0 Å². The van der Waals surface area contributed by atoms with Crippen molar-refractivity contribution in [1.82, 2.24) is 9.80 Å². The summed E-state index contributed by atoms with van der Waals surface area (Å²) in [5, 5.41) is 0. The molecule has 0 aliphatic carbocycles. The first-order valence-electron chi connectivity index (χ1n) is 9.66. The van der Waals surface area contributed by atoms with Gasteiger partial charge in [-0.05, 0) is 42.7 Å². The maximum absolute atomic E-state index is 13.0. The Kier molecular flexibility index (Phi) is 5.30. The van der Waals surface area contributed by atoms with E-state index in [1.807, 2.05) is 23.1 Å². The third-order valence-electron chi connectivity index (χ3n) is 5.32. The number of hydrogen-bond acceptors (Lipinski definition) is 4. The Labute approximate surface area is 160 Å². The number of nitrogens with zero attached hydrogens (tertiary/aromatic N) is 2. The summed E-state index contributed by atoms with van der Waals surface area (Å²) < 4.78 is 11.2. The molecule has 27 heavy (non-hydrogen) atoms. The third-order valence-corrected chi connectivity index (χ3v) is 5.32. The largest absolute Gasteiger partial charge is 0.486 e. The number of carbonyl (C=O) groups excluding carboxylic acids is 1. The lowest BCUT2D eigenvalue weighted by atomic mass is 10.1. The standard InChI is InChI=1S/C22H26N2O3/c1-17-5-2-3-6-19(17)16-23-9-4-10-24(12-11-23)22(25)18-7-8-20-21(15-18)27-14-13-26-20/h2-3,5-8,15H,4,9-14,16H2,1H3. The van der Waals surface area contributed by atoms with Gasteiger partial charge in [-0.3, -0.25) is 9.69 Å². The van der Waals surface area contributed by atoms with Crippen molar-refractivity contribution in [1.29, 1.82) is 0 Å². The minimum atomic E-state index is 0.0738. The number of hydrogen-bond donors (Lipinski definition) is 0. The van der Waals surface area contributed by atoms with Crippen LogP contribution in [0.3, 0.4) is 0 Å². The van der Waals surface area contributed by atoms with Crippen molar-refractivity contribution in [2.24, 2.45) is 0 Å². The van der Waals surface area contributed by atoms with Crippen LogP contribution in [-0.4, -0.2) is 55.1 Å². The average molecular weight is 366 g/mol. The number of rotatable bonds is 3. The second-order valence-electron chi connectivity index (χ2n) is 7.21. The van der Waals surface area contributed by atoms with Crippen LogP contribution in [-0.2, 0) is 6.54 Å². The highest BCUT2D eigenvalue weighted by molar-refractivity contribution is 5.95. The number of fused-ring (bicyclic) bond motifs is 1. The highest BCUT2D eigenvalue weighted by Gasteiger charge is 2.22. The molecule has 5 nitrogen and oxygen atoms in total. The predicted octanol–water partition coefficient (Wildman–Crippen LogP) is 3.11. The van der Waals surface area contributed by atoms with Crippen LogP contribution in [0.15, 0.2) is 42.5 Å². The van der Waals surface area contributed by atoms with Gasteiger partial charge in [0.2, 0.25) is 0 Å². The van der Waals surface area contributed by atoms with Crippen molar-refractivity contribution in [3.63, 3.8) is 0 Å². The first kappa shape index (κ1) is 17.9. The number of carbonyl (C=O) groups is 1. The SMILES string of the molecule is Cc1ccccc1CN1CCCN(C(=O)c2ccc3c(c2)OCCO3)CC1. The van der Waals surface area contributed by atoms with Gasteiger partial charge in [0.1, 0.15) is 13.2 Å². The van der Waals surface area contributed by atoms with E-state index in [0.29, 0.717) is 24.5 Å². The van der Waals surface area contributed by atoms with E-state index in [2.05, 4.69) is 36.1 Å². The molecule has 2 heterocycles. The Hall–Kier alpha value is -2.53. The third kappa shape index (κ3) is 4.08. The van der Waals surface area contributed by atoms with E-state index < -0.39 is 0 Å². The maximum atomic E-state index is 13.0. The molecular formula is C22H26N2O3. The van der Waals surface area contributed by atoms with Crippen LogP contribution in [0.2, 0.25) is 0 Å². The van der Waals surface area contributed by atoms with Crippen LogP contribution in [0.5, 0.6) is 11.5 Å². The smallest absolute Gasteiger partial charge is 0.254 e. The van der Waals surface area contributed by atoms with Crippen molar-refractivity contribution in [3.05, 3.63) is 59.2 Å². The Balaban J connectivity index is 1.40. The summed E-state index contributed by atoms with van der Waals surface area (Å²) in [6.45, 7) is 7.63. The van der Waals surface area contributed by atoms with Crippen LogP contribution in [0.1, 0.15) is 27.9 Å². The number of amides is 1. The van der Waals surface area contributed by atoms with E-state index in [9.17, 15) is 4.79 Å². The molecule has 2 aliphatic heterocycles. The molecule has 4 rings (SSSR count). The molecule has 2 aromatic carbocycles. The van der Waals surface area contributed by atoms with Crippen molar-refractivity contribution >= 4 is 5.91 Å². The summed E-state index contributed by atoms with van der Waals surface area (Å²) in [6, 6.07) is 14.0. The molecule has 142 valence electrons. The molecule has 0 aromatic heterocycles. The van der Waals surface area contributed by atoms with Gasteiger partial charge in [0, 0.05) is 38.3 Å². The molecule has 2 aromatic rings. The molecular weight excluding hydrogens is 340 g/mol. The van der Waals surface area contributed by atoms with Gasteiger partial charge in [-0.1, -0.05) is 24.3 Å². The van der Waals surface area contributed by atoms with E-state index >= 15 is 0 Å². The monoisotopic (exact) mass is 366 g/mol. The molecule has 0 spiro atoms. The average Bonchev–Trinajstić information content (AvgIpc) is 2.94. The lowest BCUT2D eigenvalue weighted by molar-refractivity contribution is 0.0760. The van der Waals surface area contributed by atoms with E-state index in [4.69, 9.17) is 9.47 Å².